The molecule has 1 aliphatic carbocycles. The van der Waals surface area contributed by atoms with Crippen molar-refractivity contribution in [3.05, 3.63) is 17.5 Å². The van der Waals surface area contributed by atoms with Crippen LogP contribution in [0.5, 0.6) is 0 Å². The first-order valence-electron chi connectivity index (χ1n) is 6.92. The second-order valence-electron chi connectivity index (χ2n) is 4.92. The van der Waals surface area contributed by atoms with E-state index in [0.717, 1.165) is 12.8 Å². The summed E-state index contributed by atoms with van der Waals surface area (Å²) >= 11 is 0. The highest BCUT2D eigenvalue weighted by molar-refractivity contribution is 5.11. The molecule has 0 spiro atoms. The van der Waals surface area contributed by atoms with E-state index in [1.165, 1.54) is 49.9 Å². The third-order valence-electron chi connectivity index (χ3n) is 3.76. The summed E-state index contributed by atoms with van der Waals surface area (Å²) in [7, 11) is 0. The van der Waals surface area contributed by atoms with Crippen molar-refractivity contribution < 1.29 is 0 Å². The molecule has 2 rings (SSSR count). The molecule has 0 unspecified atom stereocenters. The minimum Gasteiger partial charge on any atom is -0.266 e. The van der Waals surface area contributed by atoms with Gasteiger partial charge in [0.25, 0.3) is 0 Å². The Morgan fingerprint density at radius 2 is 1.81 bits per heavy atom. The van der Waals surface area contributed by atoms with Crippen LogP contribution in [0.3, 0.4) is 0 Å². The molecule has 0 bridgehead atoms. The van der Waals surface area contributed by atoms with E-state index in [1.807, 2.05) is 0 Å². The van der Waals surface area contributed by atoms with Crippen molar-refractivity contribution in [3.8, 4) is 0 Å². The zero-order valence-corrected chi connectivity index (χ0v) is 10.7. The van der Waals surface area contributed by atoms with E-state index in [0.29, 0.717) is 6.04 Å². The molecular formula is C14H24N2. The summed E-state index contributed by atoms with van der Waals surface area (Å²) in [5.41, 5.74) is 2.70. The van der Waals surface area contributed by atoms with Gasteiger partial charge in [-0.3, -0.25) is 4.68 Å². The van der Waals surface area contributed by atoms with E-state index >= 15 is 0 Å². The molecule has 1 heterocycles. The van der Waals surface area contributed by atoms with E-state index in [9.17, 15) is 0 Å². The van der Waals surface area contributed by atoms with Gasteiger partial charge in [-0.2, -0.15) is 5.10 Å². The highest BCUT2D eigenvalue weighted by atomic mass is 15.3. The van der Waals surface area contributed by atoms with Crippen molar-refractivity contribution in [1.82, 2.24) is 9.78 Å². The first-order chi connectivity index (χ1) is 7.85. The molecule has 1 aromatic rings. The van der Waals surface area contributed by atoms with Crippen LogP contribution in [0.2, 0.25) is 0 Å². The number of rotatable bonds is 3. The van der Waals surface area contributed by atoms with E-state index < -0.39 is 0 Å². The molecule has 16 heavy (non-hydrogen) atoms. The molecule has 1 aliphatic rings. The Bertz CT molecular complexity index is 319. The molecular weight excluding hydrogens is 196 g/mol. The average molecular weight is 220 g/mol. The Labute approximate surface area is 99.0 Å². The van der Waals surface area contributed by atoms with Crippen LogP contribution in [0.4, 0.5) is 0 Å². The molecule has 2 heteroatoms. The SMILES string of the molecule is CCc1cc(CC)n(C2CCCCCC2)n1. The van der Waals surface area contributed by atoms with Crippen LogP contribution in [-0.2, 0) is 12.8 Å². The largest absolute Gasteiger partial charge is 0.266 e. The fourth-order valence-corrected chi connectivity index (χ4v) is 2.75. The lowest BCUT2D eigenvalue weighted by molar-refractivity contribution is 0.392. The third kappa shape index (κ3) is 2.47. The maximum absolute atomic E-state index is 4.78. The molecule has 0 radical (unpaired) electrons. The van der Waals surface area contributed by atoms with E-state index in [2.05, 4.69) is 24.6 Å². The summed E-state index contributed by atoms with van der Waals surface area (Å²) < 4.78 is 2.34. The van der Waals surface area contributed by atoms with Crippen LogP contribution < -0.4 is 0 Å². The maximum atomic E-state index is 4.78. The van der Waals surface area contributed by atoms with Crippen LogP contribution in [0, 0.1) is 0 Å². The fourth-order valence-electron chi connectivity index (χ4n) is 2.75. The normalized spacial score (nSPS) is 18.6. The van der Waals surface area contributed by atoms with Crippen LogP contribution in [-0.4, -0.2) is 9.78 Å². The van der Waals surface area contributed by atoms with Gasteiger partial charge in [-0.25, -0.2) is 0 Å². The molecule has 0 N–H and O–H groups in total. The number of aryl methyl sites for hydroxylation is 2. The Balaban J connectivity index is 2.19. The summed E-state index contributed by atoms with van der Waals surface area (Å²) in [6.07, 6.45) is 10.4. The Morgan fingerprint density at radius 1 is 1.12 bits per heavy atom. The van der Waals surface area contributed by atoms with E-state index in [4.69, 9.17) is 5.10 Å². The number of nitrogens with zero attached hydrogens (tertiary/aromatic N) is 2. The van der Waals surface area contributed by atoms with Crippen LogP contribution in [0.15, 0.2) is 6.07 Å². The Kier molecular flexibility index (Phi) is 4.03. The van der Waals surface area contributed by atoms with Gasteiger partial charge in [0.05, 0.1) is 11.7 Å². The lowest BCUT2D eigenvalue weighted by Gasteiger charge is -2.17. The second kappa shape index (κ2) is 5.51. The molecule has 0 aliphatic heterocycles. The van der Waals surface area contributed by atoms with Gasteiger partial charge in [-0.15, -0.1) is 0 Å². The van der Waals surface area contributed by atoms with Gasteiger partial charge in [-0.1, -0.05) is 39.5 Å². The zero-order valence-electron chi connectivity index (χ0n) is 10.7. The van der Waals surface area contributed by atoms with Crippen molar-refractivity contribution in [3.63, 3.8) is 0 Å². The second-order valence-corrected chi connectivity index (χ2v) is 4.92. The minimum absolute atomic E-state index is 0.678. The quantitative estimate of drug-likeness (QED) is 0.706. The standard InChI is InChI=1S/C14H24N2/c1-3-12-11-13(4-2)16(15-12)14-9-7-5-6-8-10-14/h11,14H,3-10H2,1-2H3. The van der Waals surface area contributed by atoms with Gasteiger partial charge in [0.15, 0.2) is 0 Å². The average Bonchev–Trinajstić information content (AvgIpc) is 2.55. The molecule has 1 aromatic heterocycles. The lowest BCUT2D eigenvalue weighted by atomic mass is 10.1. The predicted molar refractivity (Wildman–Crippen MR) is 67.7 cm³/mol. The summed E-state index contributed by atoms with van der Waals surface area (Å²) in [5, 5.41) is 4.78. The van der Waals surface area contributed by atoms with Crippen molar-refractivity contribution in [2.45, 2.75) is 71.3 Å². The molecule has 2 nitrogen and oxygen atoms in total. The Hall–Kier alpha value is -0.790. The third-order valence-corrected chi connectivity index (χ3v) is 3.76. The first kappa shape index (κ1) is 11.7. The molecule has 1 fully saturated rings. The van der Waals surface area contributed by atoms with Crippen molar-refractivity contribution in [1.29, 1.82) is 0 Å². The number of aromatic nitrogens is 2. The van der Waals surface area contributed by atoms with Crippen molar-refractivity contribution >= 4 is 0 Å². The molecule has 0 saturated heterocycles. The molecule has 0 atom stereocenters. The summed E-state index contributed by atoms with van der Waals surface area (Å²) in [6.45, 7) is 4.43. The summed E-state index contributed by atoms with van der Waals surface area (Å²) in [6, 6.07) is 2.97. The maximum Gasteiger partial charge on any atom is 0.0624 e. The van der Waals surface area contributed by atoms with Crippen LogP contribution in [0.25, 0.3) is 0 Å². The molecule has 0 amide bonds. The lowest BCUT2D eigenvalue weighted by Crippen LogP contribution is -2.13. The fraction of sp³-hybridized carbons (Fsp3) is 0.786. The minimum atomic E-state index is 0.678. The highest BCUT2D eigenvalue weighted by Crippen LogP contribution is 2.28. The highest BCUT2D eigenvalue weighted by Gasteiger charge is 2.17. The van der Waals surface area contributed by atoms with Crippen LogP contribution >= 0.6 is 0 Å². The Morgan fingerprint density at radius 3 is 2.38 bits per heavy atom. The first-order valence-corrected chi connectivity index (χ1v) is 6.92. The van der Waals surface area contributed by atoms with Gasteiger partial charge in [0.2, 0.25) is 0 Å². The van der Waals surface area contributed by atoms with Gasteiger partial charge in [0, 0.05) is 5.69 Å². The van der Waals surface area contributed by atoms with Crippen LogP contribution in [0.1, 0.15) is 69.8 Å². The predicted octanol–water partition coefficient (Wildman–Crippen LogP) is 3.90. The molecule has 0 aromatic carbocycles. The van der Waals surface area contributed by atoms with Gasteiger partial charge >= 0.3 is 0 Å². The van der Waals surface area contributed by atoms with Gasteiger partial charge in [0.1, 0.15) is 0 Å². The topological polar surface area (TPSA) is 17.8 Å². The number of hydrogen-bond acceptors (Lipinski definition) is 1. The van der Waals surface area contributed by atoms with Crippen molar-refractivity contribution in [2.24, 2.45) is 0 Å². The summed E-state index contributed by atoms with van der Waals surface area (Å²) in [5.74, 6) is 0. The van der Waals surface area contributed by atoms with E-state index in [-0.39, 0.29) is 0 Å². The monoisotopic (exact) mass is 220 g/mol. The van der Waals surface area contributed by atoms with Crippen molar-refractivity contribution in [2.75, 3.05) is 0 Å². The zero-order chi connectivity index (χ0) is 11.4. The number of hydrogen-bond donors (Lipinski definition) is 0. The smallest absolute Gasteiger partial charge is 0.0624 e. The molecule has 1 saturated carbocycles. The van der Waals surface area contributed by atoms with E-state index in [1.54, 1.807) is 0 Å². The van der Waals surface area contributed by atoms with Gasteiger partial charge in [-0.05, 0) is 31.7 Å². The van der Waals surface area contributed by atoms with Gasteiger partial charge < -0.3 is 0 Å². The summed E-state index contributed by atoms with van der Waals surface area (Å²) in [4.78, 5) is 0. The molecule has 90 valence electrons.